The first-order chi connectivity index (χ1) is 9.90. The number of anilines is 1. The van der Waals surface area contributed by atoms with Crippen LogP contribution in [0.3, 0.4) is 0 Å². The molecule has 0 heterocycles. The van der Waals surface area contributed by atoms with Gasteiger partial charge in [0.25, 0.3) is 11.6 Å². The summed E-state index contributed by atoms with van der Waals surface area (Å²) in [5.74, 6) is -1.57. The van der Waals surface area contributed by atoms with Crippen molar-refractivity contribution in [3.8, 4) is 0 Å². The molecule has 0 saturated heterocycles. The number of nitrogens with zero attached hydrogens (tertiary/aromatic N) is 1. The Kier molecular flexibility index (Phi) is 4.36. The molecule has 0 atom stereocenters. The third-order valence-corrected chi connectivity index (χ3v) is 5.28. The Morgan fingerprint density at radius 2 is 2.24 bits per heavy atom. The van der Waals surface area contributed by atoms with Crippen molar-refractivity contribution < 1.29 is 14.1 Å². The van der Waals surface area contributed by atoms with E-state index in [-0.39, 0.29) is 4.75 Å². The lowest BCUT2D eigenvalue weighted by molar-refractivity contribution is -0.384. The molecule has 1 fully saturated rings. The number of nitrogens with two attached hydrogens (primary N) is 1. The highest BCUT2D eigenvalue weighted by Crippen LogP contribution is 2.42. The van der Waals surface area contributed by atoms with Crippen molar-refractivity contribution in [2.45, 2.75) is 24.0 Å². The average Bonchev–Trinajstić information content (AvgIpc) is 2.37. The Labute approximate surface area is 125 Å². The molecule has 21 heavy (non-hydrogen) atoms. The van der Waals surface area contributed by atoms with E-state index in [0.29, 0.717) is 6.54 Å². The van der Waals surface area contributed by atoms with E-state index in [1.165, 1.54) is 0 Å². The van der Waals surface area contributed by atoms with Crippen molar-refractivity contribution in [2.24, 2.45) is 0 Å². The summed E-state index contributed by atoms with van der Waals surface area (Å²) in [7, 11) is 0. The number of hydrogen-bond acceptors (Lipinski definition) is 5. The van der Waals surface area contributed by atoms with Crippen LogP contribution in [-0.4, -0.2) is 28.4 Å². The molecule has 0 aromatic heterocycles. The van der Waals surface area contributed by atoms with Crippen molar-refractivity contribution in [1.29, 1.82) is 0 Å². The standard InChI is InChI=1S/C13H16FN3O3S/c1-21-13(5-2-6-13)7-16-12(18)10-8(14)3-4-9(11(10)15)17(19)20/h3-4H,2,5-7,15H2,1H3,(H,16,18). The number of nitrogens with one attached hydrogen (secondary N) is 1. The van der Waals surface area contributed by atoms with Gasteiger partial charge < -0.3 is 11.1 Å². The van der Waals surface area contributed by atoms with Crippen molar-refractivity contribution in [3.05, 3.63) is 33.6 Å². The maximum atomic E-state index is 13.8. The lowest BCUT2D eigenvalue weighted by Gasteiger charge is -2.40. The number of carbonyl (C=O) groups is 1. The van der Waals surface area contributed by atoms with Gasteiger partial charge >= 0.3 is 0 Å². The summed E-state index contributed by atoms with van der Waals surface area (Å²) in [6.45, 7) is 0.397. The van der Waals surface area contributed by atoms with Gasteiger partial charge in [0.1, 0.15) is 17.1 Å². The number of nitro groups is 1. The number of carbonyl (C=O) groups excluding carboxylic acids is 1. The minimum atomic E-state index is -0.859. The zero-order valence-corrected chi connectivity index (χ0v) is 12.3. The number of nitro benzene ring substituents is 1. The molecule has 0 aliphatic heterocycles. The lowest BCUT2D eigenvalue weighted by Crippen LogP contribution is -2.45. The Hall–Kier alpha value is -1.83. The van der Waals surface area contributed by atoms with E-state index in [9.17, 15) is 19.3 Å². The second-order valence-corrected chi connectivity index (χ2v) is 6.31. The summed E-state index contributed by atoms with van der Waals surface area (Å²) in [6, 6.07) is 1.84. The molecule has 114 valence electrons. The van der Waals surface area contributed by atoms with Crippen LogP contribution >= 0.6 is 11.8 Å². The number of benzene rings is 1. The Bertz CT molecular complexity index is 585. The largest absolute Gasteiger partial charge is 0.392 e. The van der Waals surface area contributed by atoms with Crippen LogP contribution in [0.1, 0.15) is 29.6 Å². The van der Waals surface area contributed by atoms with Crippen molar-refractivity contribution in [3.63, 3.8) is 0 Å². The highest BCUT2D eigenvalue weighted by Gasteiger charge is 2.36. The number of thioether (sulfide) groups is 1. The smallest absolute Gasteiger partial charge is 0.293 e. The van der Waals surface area contributed by atoms with Crippen LogP contribution in [0.5, 0.6) is 0 Å². The normalized spacial score (nSPS) is 16.1. The number of halogens is 1. The van der Waals surface area contributed by atoms with Crippen LogP contribution in [-0.2, 0) is 0 Å². The Balaban J connectivity index is 2.19. The van der Waals surface area contributed by atoms with E-state index >= 15 is 0 Å². The molecule has 1 aromatic rings. The molecule has 3 N–H and O–H groups in total. The molecular formula is C13H16FN3O3S. The number of hydrogen-bond donors (Lipinski definition) is 2. The van der Waals surface area contributed by atoms with Crippen LogP contribution in [0.4, 0.5) is 15.8 Å². The number of nitrogen functional groups attached to an aromatic ring is 1. The fourth-order valence-corrected chi connectivity index (χ4v) is 3.24. The van der Waals surface area contributed by atoms with Gasteiger partial charge in [-0.2, -0.15) is 11.8 Å². The first kappa shape index (κ1) is 15.6. The second kappa shape index (κ2) is 5.88. The van der Waals surface area contributed by atoms with Crippen LogP contribution in [0.15, 0.2) is 12.1 Å². The zero-order valence-electron chi connectivity index (χ0n) is 11.5. The molecule has 0 radical (unpaired) electrons. The minimum absolute atomic E-state index is 0.0123. The van der Waals surface area contributed by atoms with E-state index in [0.717, 1.165) is 31.4 Å². The first-order valence-electron chi connectivity index (χ1n) is 6.46. The predicted molar refractivity (Wildman–Crippen MR) is 79.9 cm³/mol. The van der Waals surface area contributed by atoms with Gasteiger partial charge in [-0.1, -0.05) is 6.42 Å². The molecule has 0 unspecified atom stereocenters. The van der Waals surface area contributed by atoms with E-state index in [4.69, 9.17) is 5.73 Å². The van der Waals surface area contributed by atoms with Gasteiger partial charge in [0.05, 0.1) is 4.92 Å². The Morgan fingerprint density at radius 1 is 1.57 bits per heavy atom. The van der Waals surface area contributed by atoms with E-state index in [2.05, 4.69) is 5.32 Å². The third kappa shape index (κ3) is 2.94. The fraction of sp³-hybridized carbons (Fsp3) is 0.462. The highest BCUT2D eigenvalue weighted by molar-refractivity contribution is 8.00. The maximum absolute atomic E-state index is 13.8. The second-order valence-electron chi connectivity index (χ2n) is 5.04. The summed E-state index contributed by atoms with van der Waals surface area (Å²) >= 11 is 1.66. The van der Waals surface area contributed by atoms with Gasteiger partial charge in [-0.05, 0) is 25.2 Å². The Morgan fingerprint density at radius 3 is 2.71 bits per heavy atom. The summed E-state index contributed by atoms with van der Waals surface area (Å²) in [5.41, 5.74) is 4.19. The molecular weight excluding hydrogens is 297 g/mol. The highest BCUT2D eigenvalue weighted by atomic mass is 32.2. The monoisotopic (exact) mass is 313 g/mol. The van der Waals surface area contributed by atoms with E-state index in [1.807, 2.05) is 6.26 Å². The molecule has 1 aliphatic carbocycles. The minimum Gasteiger partial charge on any atom is -0.392 e. The molecule has 0 spiro atoms. The number of rotatable bonds is 5. The van der Waals surface area contributed by atoms with Crippen LogP contribution in [0.2, 0.25) is 0 Å². The molecule has 1 aromatic carbocycles. The average molecular weight is 313 g/mol. The summed E-state index contributed by atoms with van der Waals surface area (Å²) in [6.07, 6.45) is 5.04. The fourth-order valence-electron chi connectivity index (χ4n) is 2.33. The van der Waals surface area contributed by atoms with Crippen LogP contribution in [0.25, 0.3) is 0 Å². The number of amides is 1. The van der Waals surface area contributed by atoms with E-state index < -0.39 is 33.6 Å². The van der Waals surface area contributed by atoms with Gasteiger partial charge in [-0.3, -0.25) is 14.9 Å². The molecule has 0 bridgehead atoms. The SMILES string of the molecule is CSC1(CNC(=O)c2c(F)ccc([N+](=O)[O-])c2N)CCC1. The molecule has 2 rings (SSSR count). The first-order valence-corrected chi connectivity index (χ1v) is 7.68. The quantitative estimate of drug-likeness (QED) is 0.494. The predicted octanol–water partition coefficient (Wildman–Crippen LogP) is 2.33. The summed E-state index contributed by atoms with van der Waals surface area (Å²) in [4.78, 5) is 22.2. The molecule has 8 heteroatoms. The molecule has 1 saturated carbocycles. The molecule has 1 aliphatic rings. The van der Waals surface area contributed by atoms with Crippen molar-refractivity contribution >= 4 is 29.0 Å². The van der Waals surface area contributed by atoms with E-state index in [1.54, 1.807) is 11.8 Å². The maximum Gasteiger partial charge on any atom is 0.293 e. The van der Waals surface area contributed by atoms with Gasteiger partial charge in [-0.15, -0.1) is 0 Å². The van der Waals surface area contributed by atoms with Gasteiger partial charge in [0, 0.05) is 17.4 Å². The van der Waals surface area contributed by atoms with Crippen molar-refractivity contribution in [1.82, 2.24) is 5.32 Å². The van der Waals surface area contributed by atoms with Crippen LogP contribution in [0, 0.1) is 15.9 Å². The van der Waals surface area contributed by atoms with Gasteiger partial charge in [0.15, 0.2) is 0 Å². The third-order valence-electron chi connectivity index (χ3n) is 3.86. The van der Waals surface area contributed by atoms with Crippen molar-refractivity contribution in [2.75, 3.05) is 18.5 Å². The topological polar surface area (TPSA) is 98.3 Å². The molecule has 6 nitrogen and oxygen atoms in total. The summed E-state index contributed by atoms with van der Waals surface area (Å²) in [5, 5.41) is 13.4. The summed E-state index contributed by atoms with van der Waals surface area (Å²) < 4.78 is 13.8. The zero-order chi connectivity index (χ0) is 15.6. The molecule has 1 amide bonds. The lowest BCUT2D eigenvalue weighted by atomic mass is 9.84. The van der Waals surface area contributed by atoms with Crippen LogP contribution < -0.4 is 11.1 Å². The van der Waals surface area contributed by atoms with Gasteiger partial charge in [-0.25, -0.2) is 4.39 Å². The van der Waals surface area contributed by atoms with Gasteiger partial charge in [0.2, 0.25) is 0 Å².